The van der Waals surface area contributed by atoms with E-state index in [1.807, 2.05) is 25.1 Å². The van der Waals surface area contributed by atoms with Gasteiger partial charge in [0.05, 0.1) is 0 Å². The summed E-state index contributed by atoms with van der Waals surface area (Å²) in [5, 5.41) is 11.6. The van der Waals surface area contributed by atoms with E-state index < -0.39 is 5.97 Å². The summed E-state index contributed by atoms with van der Waals surface area (Å²) >= 11 is 0. The monoisotopic (exact) mass is 284 g/mol. The number of aliphatic carboxylic acids is 1. The third-order valence-corrected chi connectivity index (χ3v) is 3.10. The van der Waals surface area contributed by atoms with Gasteiger partial charge in [-0.2, -0.15) is 0 Å². The number of hydrogen-bond donors (Lipinski definition) is 2. The number of amides is 1. The number of aryl methyl sites for hydroxylation is 2. The first kappa shape index (κ1) is 14.7. The Bertz CT molecular complexity index is 668. The minimum absolute atomic E-state index is 0.0233. The maximum Gasteiger partial charge on any atom is 0.303 e. The van der Waals surface area contributed by atoms with Crippen LogP contribution in [0, 0.1) is 6.92 Å². The molecule has 108 valence electrons. The number of pyridine rings is 1. The molecule has 1 aromatic carbocycles. The number of anilines is 1. The molecule has 0 saturated heterocycles. The molecular formula is C16H16N2O3. The number of rotatable bonds is 5. The van der Waals surface area contributed by atoms with Gasteiger partial charge in [-0.25, -0.2) is 0 Å². The van der Waals surface area contributed by atoms with Crippen molar-refractivity contribution in [1.29, 1.82) is 0 Å². The summed E-state index contributed by atoms with van der Waals surface area (Å²) in [5.74, 6) is -1.16. The van der Waals surface area contributed by atoms with E-state index in [2.05, 4.69) is 10.3 Å². The van der Waals surface area contributed by atoms with Gasteiger partial charge in [-0.15, -0.1) is 0 Å². The highest BCUT2D eigenvalue weighted by atomic mass is 16.4. The van der Waals surface area contributed by atoms with Crippen molar-refractivity contribution in [3.63, 3.8) is 0 Å². The van der Waals surface area contributed by atoms with Gasteiger partial charge >= 0.3 is 5.97 Å². The molecule has 21 heavy (non-hydrogen) atoms. The van der Waals surface area contributed by atoms with Crippen LogP contribution in [-0.4, -0.2) is 22.0 Å². The molecule has 1 aromatic heterocycles. The topological polar surface area (TPSA) is 79.3 Å². The molecule has 0 bridgehead atoms. The van der Waals surface area contributed by atoms with Crippen LogP contribution in [0.1, 0.15) is 28.0 Å². The standard InChI is InChI=1S/C16H16N2O3/c1-11-5-4-10-17-15(11)16(21)18-13-7-3-2-6-12(13)8-9-14(19)20/h2-7,10H,8-9H2,1H3,(H,18,21)(H,19,20). The lowest BCUT2D eigenvalue weighted by molar-refractivity contribution is -0.136. The fourth-order valence-corrected chi connectivity index (χ4v) is 2.01. The molecule has 2 N–H and O–H groups in total. The number of carbonyl (C=O) groups excluding carboxylic acids is 1. The average molecular weight is 284 g/mol. The fraction of sp³-hybridized carbons (Fsp3) is 0.188. The molecule has 1 amide bonds. The molecule has 0 radical (unpaired) electrons. The van der Waals surface area contributed by atoms with Gasteiger partial charge in [-0.1, -0.05) is 24.3 Å². The maximum atomic E-state index is 12.2. The van der Waals surface area contributed by atoms with Gasteiger partial charge in [-0.3, -0.25) is 14.6 Å². The van der Waals surface area contributed by atoms with Crippen molar-refractivity contribution in [3.05, 3.63) is 59.4 Å². The summed E-state index contributed by atoms with van der Waals surface area (Å²) in [5.41, 5.74) is 2.57. The van der Waals surface area contributed by atoms with Crippen LogP contribution in [0.3, 0.4) is 0 Å². The predicted octanol–water partition coefficient (Wildman–Crippen LogP) is 2.66. The van der Waals surface area contributed by atoms with E-state index in [9.17, 15) is 9.59 Å². The first-order chi connectivity index (χ1) is 10.1. The number of nitrogens with zero attached hydrogens (tertiary/aromatic N) is 1. The van der Waals surface area contributed by atoms with E-state index in [-0.39, 0.29) is 12.3 Å². The maximum absolute atomic E-state index is 12.2. The quantitative estimate of drug-likeness (QED) is 0.884. The third kappa shape index (κ3) is 3.89. The summed E-state index contributed by atoms with van der Waals surface area (Å²) in [6.45, 7) is 1.82. The van der Waals surface area contributed by atoms with E-state index in [4.69, 9.17) is 5.11 Å². The number of nitrogens with one attached hydrogen (secondary N) is 1. The molecule has 0 aliphatic heterocycles. The second-order valence-corrected chi connectivity index (χ2v) is 4.67. The van der Waals surface area contributed by atoms with Crippen molar-refractivity contribution in [2.75, 3.05) is 5.32 Å². The lowest BCUT2D eigenvalue weighted by Crippen LogP contribution is -2.16. The van der Waals surface area contributed by atoms with Gasteiger partial charge in [0, 0.05) is 18.3 Å². The van der Waals surface area contributed by atoms with Gasteiger partial charge in [-0.05, 0) is 36.6 Å². The zero-order chi connectivity index (χ0) is 15.2. The van der Waals surface area contributed by atoms with Gasteiger partial charge < -0.3 is 10.4 Å². The minimum atomic E-state index is -0.864. The number of carboxylic acids is 1. The van der Waals surface area contributed by atoms with Gasteiger partial charge in [0.15, 0.2) is 0 Å². The van der Waals surface area contributed by atoms with E-state index >= 15 is 0 Å². The summed E-state index contributed by atoms with van der Waals surface area (Å²) in [7, 11) is 0. The van der Waals surface area contributed by atoms with Crippen molar-refractivity contribution < 1.29 is 14.7 Å². The zero-order valence-corrected chi connectivity index (χ0v) is 11.7. The highest BCUT2D eigenvalue weighted by Crippen LogP contribution is 2.18. The normalized spacial score (nSPS) is 10.1. The first-order valence-corrected chi connectivity index (χ1v) is 6.60. The lowest BCUT2D eigenvalue weighted by atomic mass is 10.1. The second kappa shape index (κ2) is 6.65. The van der Waals surface area contributed by atoms with Crippen LogP contribution in [0.4, 0.5) is 5.69 Å². The van der Waals surface area contributed by atoms with Crippen molar-refractivity contribution in [2.24, 2.45) is 0 Å². The Kier molecular flexibility index (Phi) is 4.66. The summed E-state index contributed by atoms with van der Waals surface area (Å²) in [6, 6.07) is 10.8. The Morgan fingerprint density at radius 3 is 2.67 bits per heavy atom. The van der Waals surface area contributed by atoms with Crippen LogP contribution >= 0.6 is 0 Å². The highest BCUT2D eigenvalue weighted by molar-refractivity contribution is 6.04. The summed E-state index contributed by atoms with van der Waals surface area (Å²) < 4.78 is 0. The van der Waals surface area contributed by atoms with Gasteiger partial charge in [0.1, 0.15) is 5.69 Å². The molecule has 0 unspecified atom stereocenters. The molecule has 0 atom stereocenters. The Balaban J connectivity index is 2.18. The first-order valence-electron chi connectivity index (χ1n) is 6.60. The molecule has 0 fully saturated rings. The molecule has 5 nitrogen and oxygen atoms in total. The van der Waals surface area contributed by atoms with Crippen molar-refractivity contribution >= 4 is 17.6 Å². The predicted molar refractivity (Wildman–Crippen MR) is 79.3 cm³/mol. The SMILES string of the molecule is Cc1cccnc1C(=O)Nc1ccccc1CCC(=O)O. The largest absolute Gasteiger partial charge is 0.481 e. The third-order valence-electron chi connectivity index (χ3n) is 3.10. The fourth-order valence-electron chi connectivity index (χ4n) is 2.01. The Labute approximate surface area is 122 Å². The van der Waals surface area contributed by atoms with Crippen LogP contribution in [-0.2, 0) is 11.2 Å². The number of carbonyl (C=O) groups is 2. The van der Waals surface area contributed by atoms with Crippen LogP contribution in [0.25, 0.3) is 0 Å². The molecule has 0 saturated carbocycles. The average Bonchev–Trinajstić information content (AvgIpc) is 2.46. The molecule has 0 aliphatic carbocycles. The Morgan fingerprint density at radius 2 is 1.95 bits per heavy atom. The van der Waals surface area contributed by atoms with E-state index in [0.717, 1.165) is 11.1 Å². The molecule has 0 aliphatic rings. The minimum Gasteiger partial charge on any atom is -0.481 e. The van der Waals surface area contributed by atoms with Crippen molar-refractivity contribution in [1.82, 2.24) is 4.98 Å². The summed E-state index contributed by atoms with van der Waals surface area (Å²) in [4.78, 5) is 27.0. The number of carboxylic acid groups (broad SMARTS) is 1. The van der Waals surface area contributed by atoms with Crippen LogP contribution in [0.5, 0.6) is 0 Å². The highest BCUT2D eigenvalue weighted by Gasteiger charge is 2.12. The second-order valence-electron chi connectivity index (χ2n) is 4.67. The lowest BCUT2D eigenvalue weighted by Gasteiger charge is -2.11. The van der Waals surface area contributed by atoms with E-state index in [1.54, 1.807) is 24.4 Å². The summed E-state index contributed by atoms with van der Waals surface area (Å²) in [6.07, 6.45) is 1.96. The Morgan fingerprint density at radius 1 is 1.19 bits per heavy atom. The molecule has 2 aromatic rings. The van der Waals surface area contributed by atoms with Crippen LogP contribution < -0.4 is 5.32 Å². The molecular weight excluding hydrogens is 268 g/mol. The van der Waals surface area contributed by atoms with Gasteiger partial charge in [0.25, 0.3) is 5.91 Å². The van der Waals surface area contributed by atoms with E-state index in [1.165, 1.54) is 0 Å². The van der Waals surface area contributed by atoms with Gasteiger partial charge in [0.2, 0.25) is 0 Å². The number of benzene rings is 1. The molecule has 0 spiro atoms. The van der Waals surface area contributed by atoms with Crippen molar-refractivity contribution in [3.8, 4) is 0 Å². The van der Waals surface area contributed by atoms with E-state index in [0.29, 0.717) is 17.8 Å². The molecule has 5 heteroatoms. The van der Waals surface area contributed by atoms with Crippen molar-refractivity contribution in [2.45, 2.75) is 19.8 Å². The smallest absolute Gasteiger partial charge is 0.303 e. The van der Waals surface area contributed by atoms with Crippen LogP contribution in [0.15, 0.2) is 42.6 Å². The Hall–Kier alpha value is -2.69. The van der Waals surface area contributed by atoms with Crippen LogP contribution in [0.2, 0.25) is 0 Å². The molecule has 2 rings (SSSR count). The zero-order valence-electron chi connectivity index (χ0n) is 11.7. The molecule has 1 heterocycles. The number of para-hydroxylation sites is 1. The number of hydrogen-bond acceptors (Lipinski definition) is 3. The number of aromatic nitrogens is 1.